The van der Waals surface area contributed by atoms with Crippen LogP contribution in [0.5, 0.6) is 0 Å². The van der Waals surface area contributed by atoms with Crippen LogP contribution in [0.2, 0.25) is 0 Å². The van der Waals surface area contributed by atoms with Crippen LogP contribution in [0.15, 0.2) is 0 Å². The van der Waals surface area contributed by atoms with E-state index in [2.05, 4.69) is 5.32 Å². The molecule has 0 saturated carbocycles. The lowest BCUT2D eigenvalue weighted by molar-refractivity contribution is -0.144. The predicted molar refractivity (Wildman–Crippen MR) is 61.9 cm³/mol. The van der Waals surface area contributed by atoms with Crippen LogP contribution < -0.4 is 5.32 Å². The lowest BCUT2D eigenvalue weighted by atomic mass is 10.2. The van der Waals surface area contributed by atoms with Crippen molar-refractivity contribution in [2.75, 3.05) is 39.9 Å². The molecule has 2 heterocycles. The summed E-state index contributed by atoms with van der Waals surface area (Å²) in [5, 5.41) is 3.16. The van der Waals surface area contributed by atoms with E-state index in [1.54, 1.807) is 7.11 Å². The van der Waals surface area contributed by atoms with E-state index in [9.17, 15) is 4.79 Å². The van der Waals surface area contributed by atoms with Crippen molar-refractivity contribution in [3.63, 3.8) is 0 Å². The Morgan fingerprint density at radius 3 is 2.94 bits per heavy atom. The highest BCUT2D eigenvalue weighted by molar-refractivity contribution is 5.85. The summed E-state index contributed by atoms with van der Waals surface area (Å²) in [6.45, 7) is 3.59. The van der Waals surface area contributed by atoms with E-state index in [1.165, 1.54) is 0 Å². The molecule has 2 atom stereocenters. The maximum absolute atomic E-state index is 12.0. The highest BCUT2D eigenvalue weighted by Gasteiger charge is 2.32. The highest BCUT2D eigenvalue weighted by Crippen LogP contribution is 2.14. The van der Waals surface area contributed by atoms with Gasteiger partial charge in [0, 0.05) is 33.3 Å². The first-order valence-corrected chi connectivity index (χ1v) is 5.45. The second kappa shape index (κ2) is 6.39. The Labute approximate surface area is 102 Å². The Kier molecular flexibility index (Phi) is 5.48. The van der Waals surface area contributed by atoms with Crippen LogP contribution in [-0.4, -0.2) is 62.9 Å². The lowest BCUT2D eigenvalue weighted by Crippen LogP contribution is -2.49. The molecular formula is C10H19ClN2O3. The van der Waals surface area contributed by atoms with E-state index in [0.717, 1.165) is 19.5 Å². The molecule has 6 heteroatoms. The third-order valence-corrected chi connectivity index (χ3v) is 2.99. The maximum atomic E-state index is 12.0. The molecule has 2 aliphatic rings. The second-order valence-corrected chi connectivity index (χ2v) is 3.99. The van der Waals surface area contributed by atoms with Gasteiger partial charge in [-0.2, -0.15) is 0 Å². The third-order valence-electron chi connectivity index (χ3n) is 2.99. The summed E-state index contributed by atoms with van der Waals surface area (Å²) in [4.78, 5) is 13.8. The van der Waals surface area contributed by atoms with Crippen molar-refractivity contribution in [1.82, 2.24) is 10.2 Å². The van der Waals surface area contributed by atoms with E-state index in [1.807, 2.05) is 4.90 Å². The summed E-state index contributed by atoms with van der Waals surface area (Å²) >= 11 is 0. The number of carbonyl (C=O) groups excluding carboxylic acids is 1. The van der Waals surface area contributed by atoms with Gasteiger partial charge >= 0.3 is 0 Å². The minimum absolute atomic E-state index is 0. The minimum Gasteiger partial charge on any atom is -0.380 e. The Hall–Kier alpha value is -0.360. The van der Waals surface area contributed by atoms with Crippen LogP contribution >= 0.6 is 12.4 Å². The number of methoxy groups -OCH3 is 1. The smallest absolute Gasteiger partial charge is 0.253 e. The number of morpholine rings is 1. The number of likely N-dealkylation sites (tertiary alicyclic amines) is 1. The lowest BCUT2D eigenvalue weighted by Gasteiger charge is -2.27. The number of carbonyl (C=O) groups is 1. The highest BCUT2D eigenvalue weighted by atomic mass is 35.5. The Morgan fingerprint density at radius 1 is 1.56 bits per heavy atom. The molecule has 2 aliphatic heterocycles. The molecule has 0 bridgehead atoms. The third kappa shape index (κ3) is 3.07. The molecule has 1 amide bonds. The van der Waals surface area contributed by atoms with Gasteiger partial charge in [-0.25, -0.2) is 0 Å². The van der Waals surface area contributed by atoms with Gasteiger partial charge in [0.05, 0.1) is 12.7 Å². The normalized spacial score (nSPS) is 29.9. The SMILES string of the molecule is CO[C@H]1CCN(C(=O)[C@@H]2CNCCO2)C1.Cl. The molecule has 0 radical (unpaired) electrons. The zero-order valence-corrected chi connectivity index (χ0v) is 10.3. The van der Waals surface area contributed by atoms with E-state index in [4.69, 9.17) is 9.47 Å². The van der Waals surface area contributed by atoms with Gasteiger partial charge in [-0.15, -0.1) is 12.4 Å². The van der Waals surface area contributed by atoms with Crippen molar-refractivity contribution in [2.24, 2.45) is 0 Å². The summed E-state index contributed by atoms with van der Waals surface area (Å²) in [7, 11) is 1.69. The average molecular weight is 251 g/mol. The minimum atomic E-state index is -0.297. The molecule has 0 aromatic carbocycles. The molecule has 1 N–H and O–H groups in total. The zero-order chi connectivity index (χ0) is 10.7. The van der Waals surface area contributed by atoms with Gasteiger partial charge < -0.3 is 19.7 Å². The first kappa shape index (κ1) is 13.7. The molecule has 94 valence electrons. The summed E-state index contributed by atoms with van der Waals surface area (Å²) in [5.74, 6) is 0.0988. The molecule has 0 aliphatic carbocycles. The van der Waals surface area contributed by atoms with Crippen LogP contribution in [0.4, 0.5) is 0 Å². The van der Waals surface area contributed by atoms with Crippen molar-refractivity contribution in [3.05, 3.63) is 0 Å². The number of ether oxygens (including phenoxy) is 2. The fraction of sp³-hybridized carbons (Fsp3) is 0.900. The van der Waals surface area contributed by atoms with Gasteiger partial charge in [0.15, 0.2) is 0 Å². The van der Waals surface area contributed by atoms with Crippen LogP contribution in [0.3, 0.4) is 0 Å². The number of nitrogens with one attached hydrogen (secondary N) is 1. The van der Waals surface area contributed by atoms with Crippen molar-refractivity contribution in [2.45, 2.75) is 18.6 Å². The molecule has 0 aromatic rings. The van der Waals surface area contributed by atoms with Crippen LogP contribution in [0.1, 0.15) is 6.42 Å². The van der Waals surface area contributed by atoms with Crippen LogP contribution in [0.25, 0.3) is 0 Å². The Balaban J connectivity index is 0.00000128. The molecule has 5 nitrogen and oxygen atoms in total. The fourth-order valence-electron chi connectivity index (χ4n) is 2.05. The van der Waals surface area contributed by atoms with E-state index < -0.39 is 0 Å². The molecular weight excluding hydrogens is 232 g/mol. The van der Waals surface area contributed by atoms with Crippen molar-refractivity contribution in [3.8, 4) is 0 Å². The molecule has 0 spiro atoms. The molecule has 0 unspecified atom stereocenters. The van der Waals surface area contributed by atoms with Crippen LogP contribution in [0, 0.1) is 0 Å². The number of hydrogen-bond donors (Lipinski definition) is 1. The van der Waals surface area contributed by atoms with Gasteiger partial charge in [0.1, 0.15) is 6.10 Å². The topological polar surface area (TPSA) is 50.8 Å². The van der Waals surface area contributed by atoms with Gasteiger partial charge in [-0.05, 0) is 6.42 Å². The summed E-state index contributed by atoms with van der Waals surface area (Å²) in [6.07, 6.45) is 0.836. The van der Waals surface area contributed by atoms with Gasteiger partial charge in [0.2, 0.25) is 0 Å². The zero-order valence-electron chi connectivity index (χ0n) is 9.48. The fourth-order valence-corrected chi connectivity index (χ4v) is 2.05. The molecule has 2 saturated heterocycles. The van der Waals surface area contributed by atoms with Crippen molar-refractivity contribution in [1.29, 1.82) is 0 Å². The molecule has 16 heavy (non-hydrogen) atoms. The largest absolute Gasteiger partial charge is 0.380 e. The average Bonchev–Trinajstić information content (AvgIpc) is 2.78. The van der Waals surface area contributed by atoms with E-state index in [-0.39, 0.29) is 30.5 Å². The standard InChI is InChI=1S/C10H18N2O3.ClH/c1-14-8-2-4-12(7-8)10(13)9-6-11-3-5-15-9;/h8-9,11H,2-7H2,1H3;1H/t8-,9-;/m0./s1. The molecule has 0 aromatic heterocycles. The van der Waals surface area contributed by atoms with Gasteiger partial charge in [-0.3, -0.25) is 4.79 Å². The van der Waals surface area contributed by atoms with Gasteiger partial charge in [0.25, 0.3) is 5.91 Å². The first-order chi connectivity index (χ1) is 7.31. The summed E-state index contributed by atoms with van der Waals surface area (Å²) in [6, 6.07) is 0. The number of amides is 1. The van der Waals surface area contributed by atoms with Crippen LogP contribution in [-0.2, 0) is 14.3 Å². The Morgan fingerprint density at radius 2 is 2.38 bits per heavy atom. The first-order valence-electron chi connectivity index (χ1n) is 5.45. The number of rotatable bonds is 2. The van der Waals surface area contributed by atoms with Crippen molar-refractivity contribution >= 4 is 18.3 Å². The molecule has 2 fully saturated rings. The number of nitrogens with zero attached hydrogens (tertiary/aromatic N) is 1. The number of halogens is 1. The number of hydrogen-bond acceptors (Lipinski definition) is 4. The monoisotopic (exact) mass is 250 g/mol. The second-order valence-electron chi connectivity index (χ2n) is 3.99. The maximum Gasteiger partial charge on any atom is 0.253 e. The Bertz CT molecular complexity index is 234. The molecule has 2 rings (SSSR count). The van der Waals surface area contributed by atoms with Gasteiger partial charge in [-0.1, -0.05) is 0 Å². The van der Waals surface area contributed by atoms with E-state index in [0.29, 0.717) is 19.7 Å². The van der Waals surface area contributed by atoms with Crippen molar-refractivity contribution < 1.29 is 14.3 Å². The quantitative estimate of drug-likeness (QED) is 0.728. The predicted octanol–water partition coefficient (Wildman–Crippen LogP) is -0.356. The van der Waals surface area contributed by atoms with E-state index >= 15 is 0 Å². The summed E-state index contributed by atoms with van der Waals surface area (Å²) in [5.41, 5.74) is 0. The summed E-state index contributed by atoms with van der Waals surface area (Å²) < 4.78 is 10.7.